The Hall–Kier alpha value is -2.77. The first kappa shape index (κ1) is 35.1. The summed E-state index contributed by atoms with van der Waals surface area (Å²) in [6.45, 7) is 17.5. The van der Waals surface area contributed by atoms with Gasteiger partial charge in [-0.15, -0.1) is 0 Å². The quantitative estimate of drug-likeness (QED) is 0.400. The molecule has 45 heavy (non-hydrogen) atoms. The number of carbonyl (C=O) groups is 2. The smallest absolute Gasteiger partial charge is 0.248 e. The van der Waals surface area contributed by atoms with Crippen molar-refractivity contribution < 1.29 is 27.1 Å². The van der Waals surface area contributed by atoms with Gasteiger partial charge in [-0.05, 0) is 33.6 Å². The number of hydrogen-bond acceptors (Lipinski definition) is 10. The number of nitrogens with one attached hydrogen (secondary N) is 2. The lowest BCUT2D eigenvalue weighted by Gasteiger charge is -2.45. The normalized spacial score (nSPS) is 20.0. The van der Waals surface area contributed by atoms with Crippen molar-refractivity contribution in [2.24, 2.45) is 0 Å². The molecule has 0 aromatic carbocycles. The van der Waals surface area contributed by atoms with Crippen LogP contribution in [0, 0.1) is 0 Å². The minimum absolute atomic E-state index is 0.0885. The molecule has 0 bridgehead atoms. The Bertz CT molecular complexity index is 1450. The molecular formula is C32H52N6O6S. The lowest BCUT2D eigenvalue weighted by Crippen LogP contribution is -2.66. The molecule has 2 aromatic heterocycles. The first-order valence-electron chi connectivity index (χ1n) is 16.0. The molecule has 2 amide bonds. The average molecular weight is 649 g/mol. The van der Waals surface area contributed by atoms with E-state index in [9.17, 15) is 18.0 Å². The molecule has 1 unspecified atom stereocenters. The van der Waals surface area contributed by atoms with E-state index in [1.54, 1.807) is 19.1 Å². The number of amides is 2. The standard InChI is InChI=1S/C32H52N6O6S/c1-29(2,3)23-19-25(35-43-23)33-27(39)32(9,37-15-17-45(41,42)18-16-37)21-38(26-20-24(44-36-26)30(4,5)6)28(40)31(7,8)34-22-13-11-10-12-14-22/h19-20,22,34H,10-18,21H2,1-9H3,(H,33,35,39). The number of sulfone groups is 1. The van der Waals surface area contributed by atoms with Crippen LogP contribution in [-0.2, 0) is 30.3 Å². The van der Waals surface area contributed by atoms with Gasteiger partial charge >= 0.3 is 0 Å². The van der Waals surface area contributed by atoms with Crippen molar-refractivity contribution in [2.75, 3.05) is 41.4 Å². The maximum absolute atomic E-state index is 14.6. The highest BCUT2D eigenvalue weighted by atomic mass is 32.2. The zero-order chi connectivity index (χ0) is 33.4. The summed E-state index contributed by atoms with van der Waals surface area (Å²) in [6, 6.07) is 3.64. The van der Waals surface area contributed by atoms with Crippen LogP contribution in [0.25, 0.3) is 0 Å². The van der Waals surface area contributed by atoms with Crippen LogP contribution < -0.4 is 15.5 Å². The Balaban J connectivity index is 1.73. The number of aromatic nitrogens is 2. The van der Waals surface area contributed by atoms with Gasteiger partial charge in [0.25, 0.3) is 0 Å². The van der Waals surface area contributed by atoms with Crippen LogP contribution in [-0.4, -0.2) is 83.7 Å². The van der Waals surface area contributed by atoms with Gasteiger partial charge in [-0.3, -0.25) is 19.4 Å². The highest BCUT2D eigenvalue weighted by Crippen LogP contribution is 2.32. The van der Waals surface area contributed by atoms with E-state index in [1.807, 2.05) is 60.3 Å². The van der Waals surface area contributed by atoms with Crippen LogP contribution in [0.4, 0.5) is 11.6 Å². The lowest BCUT2D eigenvalue weighted by molar-refractivity contribution is -0.128. The molecule has 2 N–H and O–H groups in total. The number of nitrogens with zero attached hydrogens (tertiary/aromatic N) is 4. The summed E-state index contributed by atoms with van der Waals surface area (Å²) in [5.41, 5.74) is -3.04. The lowest BCUT2D eigenvalue weighted by atomic mass is 9.91. The van der Waals surface area contributed by atoms with E-state index in [4.69, 9.17) is 9.05 Å². The van der Waals surface area contributed by atoms with Crippen LogP contribution in [0.2, 0.25) is 0 Å². The molecule has 0 radical (unpaired) electrons. The van der Waals surface area contributed by atoms with Crippen molar-refractivity contribution in [1.29, 1.82) is 0 Å². The van der Waals surface area contributed by atoms with Crippen molar-refractivity contribution in [3.05, 3.63) is 23.7 Å². The number of carbonyl (C=O) groups excluding carboxylic acids is 2. The molecule has 3 heterocycles. The van der Waals surface area contributed by atoms with Gasteiger partial charge in [0, 0.05) is 42.1 Å². The number of hydrogen-bond donors (Lipinski definition) is 2. The maximum atomic E-state index is 14.6. The van der Waals surface area contributed by atoms with Gasteiger partial charge in [0.1, 0.15) is 17.1 Å². The minimum Gasteiger partial charge on any atom is -0.359 e. The highest BCUT2D eigenvalue weighted by Gasteiger charge is 2.47. The Morgan fingerprint density at radius 1 is 0.889 bits per heavy atom. The highest BCUT2D eigenvalue weighted by molar-refractivity contribution is 7.91. The number of rotatable bonds is 9. The first-order chi connectivity index (χ1) is 20.7. The zero-order valence-electron chi connectivity index (χ0n) is 28.4. The van der Waals surface area contributed by atoms with Crippen LogP contribution in [0.3, 0.4) is 0 Å². The summed E-state index contributed by atoms with van der Waals surface area (Å²) in [6.07, 6.45) is 5.39. The molecule has 0 spiro atoms. The van der Waals surface area contributed by atoms with Crippen LogP contribution in [0.15, 0.2) is 21.2 Å². The first-order valence-corrected chi connectivity index (χ1v) is 17.8. The van der Waals surface area contributed by atoms with Gasteiger partial charge in [0.15, 0.2) is 21.5 Å². The Morgan fingerprint density at radius 2 is 1.44 bits per heavy atom. The van der Waals surface area contributed by atoms with E-state index in [-0.39, 0.29) is 59.7 Å². The summed E-state index contributed by atoms with van der Waals surface area (Å²) in [7, 11) is -3.24. The van der Waals surface area contributed by atoms with Gasteiger partial charge in [0.05, 0.1) is 23.6 Å². The van der Waals surface area contributed by atoms with Crippen LogP contribution in [0.1, 0.15) is 106 Å². The summed E-state index contributed by atoms with van der Waals surface area (Å²) in [4.78, 5) is 32.2. The molecule has 2 aliphatic rings. The molecule has 1 saturated carbocycles. The van der Waals surface area contributed by atoms with Gasteiger partial charge in [0.2, 0.25) is 11.8 Å². The summed E-state index contributed by atoms with van der Waals surface area (Å²) in [5, 5.41) is 14.9. The molecule has 1 aliphatic carbocycles. The van der Waals surface area contributed by atoms with E-state index in [1.165, 1.54) is 11.3 Å². The largest absolute Gasteiger partial charge is 0.359 e. The third-order valence-electron chi connectivity index (χ3n) is 8.95. The van der Waals surface area contributed by atoms with E-state index in [0.717, 1.165) is 25.7 Å². The second-order valence-corrected chi connectivity index (χ2v) is 17.8. The van der Waals surface area contributed by atoms with Crippen molar-refractivity contribution >= 4 is 33.3 Å². The topological polar surface area (TPSA) is 151 Å². The van der Waals surface area contributed by atoms with Gasteiger partial charge in [-0.1, -0.05) is 71.1 Å². The van der Waals surface area contributed by atoms with Crippen molar-refractivity contribution in [2.45, 2.75) is 122 Å². The summed E-state index contributed by atoms with van der Waals surface area (Å²) in [5.74, 6) is 0.865. The van der Waals surface area contributed by atoms with E-state index >= 15 is 0 Å². The van der Waals surface area contributed by atoms with Crippen LogP contribution in [0.5, 0.6) is 0 Å². The van der Waals surface area contributed by atoms with Crippen molar-refractivity contribution in [1.82, 2.24) is 20.5 Å². The monoisotopic (exact) mass is 648 g/mol. The zero-order valence-corrected chi connectivity index (χ0v) is 29.3. The molecular weight excluding hydrogens is 596 g/mol. The molecule has 252 valence electrons. The fraction of sp³-hybridized carbons (Fsp3) is 0.750. The molecule has 2 aromatic rings. The van der Waals surface area contributed by atoms with Gasteiger partial charge in [-0.25, -0.2) is 8.42 Å². The fourth-order valence-corrected chi connectivity index (χ4v) is 7.13. The third kappa shape index (κ3) is 8.34. The predicted octanol–water partition coefficient (Wildman–Crippen LogP) is 4.42. The Morgan fingerprint density at radius 3 is 1.98 bits per heavy atom. The minimum atomic E-state index is -3.24. The Kier molecular flexibility index (Phi) is 9.97. The van der Waals surface area contributed by atoms with E-state index in [0.29, 0.717) is 17.3 Å². The van der Waals surface area contributed by atoms with Crippen molar-refractivity contribution in [3.8, 4) is 0 Å². The molecule has 2 fully saturated rings. The van der Waals surface area contributed by atoms with Gasteiger partial charge in [-0.2, -0.15) is 0 Å². The number of anilines is 2. The third-order valence-corrected chi connectivity index (χ3v) is 10.6. The van der Waals surface area contributed by atoms with Crippen molar-refractivity contribution in [3.63, 3.8) is 0 Å². The average Bonchev–Trinajstić information content (AvgIpc) is 3.62. The predicted molar refractivity (Wildman–Crippen MR) is 174 cm³/mol. The van der Waals surface area contributed by atoms with Gasteiger partial charge < -0.3 is 19.7 Å². The van der Waals surface area contributed by atoms with E-state index in [2.05, 4.69) is 20.9 Å². The maximum Gasteiger partial charge on any atom is 0.248 e. The molecule has 1 aliphatic heterocycles. The molecule has 1 atom stereocenters. The molecule has 4 rings (SSSR count). The molecule has 12 nitrogen and oxygen atoms in total. The summed E-state index contributed by atoms with van der Waals surface area (Å²) >= 11 is 0. The van der Waals surface area contributed by atoms with E-state index < -0.39 is 26.8 Å². The molecule has 1 saturated heterocycles. The Labute approximate surface area is 267 Å². The molecule has 13 heteroatoms. The summed E-state index contributed by atoms with van der Waals surface area (Å²) < 4.78 is 36.0. The fourth-order valence-electron chi connectivity index (χ4n) is 5.93. The van der Waals surface area contributed by atoms with Crippen LogP contribution >= 0.6 is 0 Å². The second kappa shape index (κ2) is 12.8. The SMILES string of the molecule is CC(C)(NC1CCCCC1)C(=O)N(CC(C)(C(=O)Nc1cc(C(C)(C)C)on1)N1CCS(=O)(=O)CC1)c1cc(C(C)(C)C)on1. The second-order valence-electron chi connectivity index (χ2n) is 15.5.